The Morgan fingerprint density at radius 2 is 1.82 bits per heavy atom. The van der Waals surface area contributed by atoms with E-state index in [1.54, 1.807) is 24.3 Å². The Bertz CT molecular complexity index is 1750. The van der Waals surface area contributed by atoms with Crippen LogP contribution in [0, 0.1) is 10.1 Å². The second kappa shape index (κ2) is 12.6. The van der Waals surface area contributed by atoms with Crippen molar-refractivity contribution in [1.29, 1.82) is 0 Å². The van der Waals surface area contributed by atoms with Gasteiger partial charge in [0.2, 0.25) is 5.82 Å². The van der Waals surface area contributed by atoms with Crippen molar-refractivity contribution in [3.8, 4) is 34.3 Å². The predicted molar refractivity (Wildman–Crippen MR) is 153 cm³/mol. The highest BCUT2D eigenvalue weighted by atomic mass is 19.4. The number of piperazine rings is 1. The molecule has 3 N–H and O–H groups in total. The highest BCUT2D eigenvalue weighted by molar-refractivity contribution is 5.79. The molecule has 45 heavy (non-hydrogen) atoms. The lowest BCUT2D eigenvalue weighted by molar-refractivity contribution is -0.384. The Morgan fingerprint density at radius 3 is 2.49 bits per heavy atom. The number of carbonyl (C=O) groups is 2. The van der Waals surface area contributed by atoms with Crippen molar-refractivity contribution >= 4 is 23.6 Å². The van der Waals surface area contributed by atoms with Gasteiger partial charge in [0.15, 0.2) is 12.9 Å². The monoisotopic (exact) mass is 626 g/mol. The SMILES string of the molecule is NC(=O)COc1cc(-c2noc(-c3ccc(N4CCN(Cc5ccc(O)c(C=O)c5)CC4)c([N+](=O)[O-])c3)n2)ccc1C(F)(F)F. The molecule has 0 saturated carbocycles. The number of aromatic hydroxyl groups is 1. The van der Waals surface area contributed by atoms with Gasteiger partial charge in [-0.1, -0.05) is 17.3 Å². The number of aldehydes is 1. The number of ether oxygens (including phenoxy) is 1. The van der Waals surface area contributed by atoms with Gasteiger partial charge in [0.25, 0.3) is 17.5 Å². The van der Waals surface area contributed by atoms with Crippen molar-refractivity contribution in [3.63, 3.8) is 0 Å². The van der Waals surface area contributed by atoms with Gasteiger partial charge in [-0.15, -0.1) is 0 Å². The molecule has 1 aliphatic heterocycles. The van der Waals surface area contributed by atoms with Crippen LogP contribution in [0.3, 0.4) is 0 Å². The number of nitro benzene ring substituents is 1. The molecule has 4 aromatic rings. The van der Waals surface area contributed by atoms with Gasteiger partial charge in [0, 0.05) is 49.9 Å². The standard InChI is InChI=1S/C29H25F3N6O7/c30-29(31,32)21-4-2-18(13-25(21)44-16-26(33)41)27-34-28(45-35-27)19-3-5-22(23(12-19)38(42)43)37-9-7-36(8-10-37)14-17-1-6-24(40)20(11-17)15-39/h1-6,11-13,15,40H,7-10,14,16H2,(H2,33,41). The molecule has 1 aliphatic rings. The Balaban J connectivity index is 1.32. The number of hydrogen-bond acceptors (Lipinski definition) is 11. The van der Waals surface area contributed by atoms with Gasteiger partial charge in [-0.2, -0.15) is 18.2 Å². The summed E-state index contributed by atoms with van der Waals surface area (Å²) in [5.74, 6) is -1.93. The molecular formula is C29H25F3N6O7. The third kappa shape index (κ3) is 7.01. The number of phenolic OH excluding ortho intramolecular Hbond substituents is 1. The number of alkyl halides is 3. The fourth-order valence-electron chi connectivity index (χ4n) is 4.89. The van der Waals surface area contributed by atoms with Gasteiger partial charge in [-0.05, 0) is 42.0 Å². The summed E-state index contributed by atoms with van der Waals surface area (Å²) in [6, 6.07) is 12.1. The lowest BCUT2D eigenvalue weighted by Crippen LogP contribution is -2.46. The lowest BCUT2D eigenvalue weighted by Gasteiger charge is -2.35. The maximum absolute atomic E-state index is 13.4. The van der Waals surface area contributed by atoms with E-state index in [0.29, 0.717) is 44.7 Å². The summed E-state index contributed by atoms with van der Waals surface area (Å²) in [7, 11) is 0. The number of hydrogen-bond donors (Lipinski definition) is 2. The molecule has 1 aromatic heterocycles. The molecule has 0 atom stereocenters. The van der Waals surface area contributed by atoms with Crippen LogP contribution in [0.1, 0.15) is 21.5 Å². The smallest absolute Gasteiger partial charge is 0.419 e. The maximum atomic E-state index is 13.4. The molecule has 5 rings (SSSR count). The molecule has 0 radical (unpaired) electrons. The number of halogens is 3. The van der Waals surface area contributed by atoms with Crippen LogP contribution in [0.5, 0.6) is 11.5 Å². The van der Waals surface area contributed by atoms with Crippen LogP contribution in [0.25, 0.3) is 22.8 Å². The number of rotatable bonds is 10. The van der Waals surface area contributed by atoms with E-state index in [9.17, 15) is 38.0 Å². The van der Waals surface area contributed by atoms with Gasteiger partial charge in [0.1, 0.15) is 17.2 Å². The first-order valence-electron chi connectivity index (χ1n) is 13.4. The quantitative estimate of drug-likeness (QED) is 0.147. The van der Waals surface area contributed by atoms with Crippen molar-refractivity contribution in [2.45, 2.75) is 12.7 Å². The van der Waals surface area contributed by atoms with Crippen LogP contribution < -0.4 is 15.4 Å². The summed E-state index contributed by atoms with van der Waals surface area (Å²) in [5.41, 5.74) is 5.41. The third-order valence-corrected chi connectivity index (χ3v) is 7.10. The molecule has 3 aromatic carbocycles. The van der Waals surface area contributed by atoms with Crippen LogP contribution >= 0.6 is 0 Å². The number of anilines is 1. The number of amides is 1. The largest absolute Gasteiger partial charge is 0.507 e. The van der Waals surface area contributed by atoms with Gasteiger partial charge in [-0.3, -0.25) is 24.6 Å². The molecule has 0 aliphatic carbocycles. The molecule has 13 nitrogen and oxygen atoms in total. The normalized spacial score (nSPS) is 13.9. The fourth-order valence-corrected chi connectivity index (χ4v) is 4.89. The second-order valence-corrected chi connectivity index (χ2v) is 10.1. The van der Waals surface area contributed by atoms with Crippen molar-refractivity contribution in [2.75, 3.05) is 37.7 Å². The number of carbonyl (C=O) groups excluding carboxylic acids is 2. The molecule has 1 saturated heterocycles. The number of aromatic nitrogens is 2. The Kier molecular flexibility index (Phi) is 8.67. The van der Waals surface area contributed by atoms with E-state index >= 15 is 0 Å². The van der Waals surface area contributed by atoms with E-state index in [4.69, 9.17) is 15.0 Å². The molecule has 2 heterocycles. The lowest BCUT2D eigenvalue weighted by atomic mass is 10.1. The van der Waals surface area contributed by atoms with Crippen molar-refractivity contribution in [1.82, 2.24) is 15.0 Å². The molecule has 0 unspecified atom stereocenters. The third-order valence-electron chi connectivity index (χ3n) is 7.10. The Labute approximate surface area is 252 Å². The number of nitrogens with zero attached hydrogens (tertiary/aromatic N) is 5. The van der Waals surface area contributed by atoms with E-state index in [1.165, 1.54) is 12.1 Å². The number of benzene rings is 3. The zero-order valence-corrected chi connectivity index (χ0v) is 23.4. The van der Waals surface area contributed by atoms with Crippen LogP contribution in [0.4, 0.5) is 24.5 Å². The van der Waals surface area contributed by atoms with Crippen LogP contribution in [0.2, 0.25) is 0 Å². The number of nitro groups is 1. The highest BCUT2D eigenvalue weighted by Crippen LogP contribution is 2.39. The number of phenols is 1. The minimum Gasteiger partial charge on any atom is -0.507 e. The Hall–Kier alpha value is -5.51. The number of primary amides is 1. The molecular weight excluding hydrogens is 601 g/mol. The maximum Gasteiger partial charge on any atom is 0.419 e. The summed E-state index contributed by atoms with van der Waals surface area (Å²) < 4.78 is 50.5. The first-order chi connectivity index (χ1) is 21.4. The first-order valence-corrected chi connectivity index (χ1v) is 13.4. The van der Waals surface area contributed by atoms with Gasteiger partial charge in [0.05, 0.1) is 16.1 Å². The number of nitrogens with two attached hydrogens (primary N) is 1. The van der Waals surface area contributed by atoms with E-state index in [0.717, 1.165) is 23.8 Å². The van der Waals surface area contributed by atoms with E-state index in [1.807, 2.05) is 4.90 Å². The first kappa shape index (κ1) is 30.9. The summed E-state index contributed by atoms with van der Waals surface area (Å²) in [5, 5.41) is 25.6. The zero-order valence-electron chi connectivity index (χ0n) is 23.4. The Morgan fingerprint density at radius 1 is 1.09 bits per heavy atom. The van der Waals surface area contributed by atoms with Crippen molar-refractivity contribution in [3.05, 3.63) is 81.4 Å². The zero-order chi connectivity index (χ0) is 32.3. The topological polar surface area (TPSA) is 178 Å². The molecule has 1 amide bonds. The highest BCUT2D eigenvalue weighted by Gasteiger charge is 2.35. The predicted octanol–water partition coefficient (Wildman–Crippen LogP) is 4.04. The molecule has 16 heteroatoms. The van der Waals surface area contributed by atoms with Crippen LogP contribution in [-0.4, -0.2) is 70.0 Å². The second-order valence-electron chi connectivity index (χ2n) is 10.1. The molecule has 1 fully saturated rings. The fraction of sp³-hybridized carbons (Fsp3) is 0.241. The molecule has 234 valence electrons. The average Bonchev–Trinajstić information content (AvgIpc) is 3.51. The summed E-state index contributed by atoms with van der Waals surface area (Å²) in [4.78, 5) is 41.9. The van der Waals surface area contributed by atoms with E-state index < -0.39 is 34.9 Å². The van der Waals surface area contributed by atoms with Gasteiger partial charge >= 0.3 is 6.18 Å². The molecule has 0 bridgehead atoms. The van der Waals surface area contributed by atoms with Crippen molar-refractivity contribution < 1.29 is 42.1 Å². The summed E-state index contributed by atoms with van der Waals surface area (Å²) in [6.07, 6.45) is -4.18. The average molecular weight is 627 g/mol. The summed E-state index contributed by atoms with van der Waals surface area (Å²) in [6.45, 7) is 1.89. The van der Waals surface area contributed by atoms with Crippen LogP contribution in [0.15, 0.2) is 59.1 Å². The van der Waals surface area contributed by atoms with Crippen molar-refractivity contribution in [2.24, 2.45) is 5.73 Å². The van der Waals surface area contributed by atoms with E-state index in [-0.39, 0.29) is 39.8 Å². The minimum absolute atomic E-state index is 0.0798. The van der Waals surface area contributed by atoms with Gasteiger partial charge in [-0.25, -0.2) is 0 Å². The van der Waals surface area contributed by atoms with Crippen LogP contribution in [-0.2, 0) is 17.5 Å². The summed E-state index contributed by atoms with van der Waals surface area (Å²) >= 11 is 0. The van der Waals surface area contributed by atoms with Gasteiger partial charge < -0.3 is 25.0 Å². The molecule has 0 spiro atoms. The van der Waals surface area contributed by atoms with E-state index in [2.05, 4.69) is 15.0 Å². The minimum atomic E-state index is -4.77.